The third kappa shape index (κ3) is 1.52. The highest BCUT2D eigenvalue weighted by molar-refractivity contribution is 6.30. The van der Waals surface area contributed by atoms with Crippen molar-refractivity contribution in [3.8, 4) is 0 Å². The van der Waals surface area contributed by atoms with Gasteiger partial charge < -0.3 is 0 Å². The largest absolute Gasteiger partial charge is 0.280 e. The van der Waals surface area contributed by atoms with Gasteiger partial charge in [-0.15, -0.1) is 0 Å². The number of hydrogen-bond acceptors (Lipinski definition) is 2. The molecule has 0 aromatic heterocycles. The van der Waals surface area contributed by atoms with E-state index in [4.69, 9.17) is 18.2 Å². The molecule has 1 aromatic rings. The van der Waals surface area contributed by atoms with E-state index in [9.17, 15) is 10.1 Å². The summed E-state index contributed by atoms with van der Waals surface area (Å²) >= 11 is 5.51. The lowest BCUT2D eigenvalue weighted by Gasteiger charge is -1.93. The standard InChI is InChI=1S/C7H3ClN2O2/c1-9-6-3-2-5(8)4-7(6)10(11)12/h2-4H. The first-order chi connectivity index (χ1) is 5.65. The number of rotatable bonds is 1. The van der Waals surface area contributed by atoms with Crippen molar-refractivity contribution in [1.82, 2.24) is 0 Å². The van der Waals surface area contributed by atoms with Gasteiger partial charge in [0.05, 0.1) is 11.5 Å². The summed E-state index contributed by atoms with van der Waals surface area (Å²) in [7, 11) is 0. The molecule has 0 radical (unpaired) electrons. The molecule has 0 fully saturated rings. The molecule has 0 saturated carbocycles. The summed E-state index contributed by atoms with van der Waals surface area (Å²) in [5, 5.41) is 10.6. The summed E-state index contributed by atoms with van der Waals surface area (Å²) in [5.74, 6) is 0. The fourth-order valence-corrected chi connectivity index (χ4v) is 0.904. The lowest BCUT2D eigenvalue weighted by Crippen LogP contribution is -1.87. The lowest BCUT2D eigenvalue weighted by atomic mass is 10.3. The van der Waals surface area contributed by atoms with Crippen molar-refractivity contribution < 1.29 is 4.92 Å². The van der Waals surface area contributed by atoms with Crippen molar-refractivity contribution in [2.45, 2.75) is 0 Å². The minimum Gasteiger partial charge on any atom is -0.260 e. The average molecular weight is 183 g/mol. The van der Waals surface area contributed by atoms with E-state index in [0.29, 0.717) is 0 Å². The first-order valence-electron chi connectivity index (χ1n) is 2.96. The molecule has 0 amide bonds. The molecule has 0 aliphatic carbocycles. The van der Waals surface area contributed by atoms with Crippen LogP contribution in [0.2, 0.25) is 5.02 Å². The van der Waals surface area contributed by atoms with Crippen LogP contribution in [0.5, 0.6) is 0 Å². The number of nitro benzene ring substituents is 1. The molecule has 12 heavy (non-hydrogen) atoms. The Balaban J connectivity index is 3.34. The van der Waals surface area contributed by atoms with E-state index >= 15 is 0 Å². The normalized spacial score (nSPS) is 9.00. The quantitative estimate of drug-likeness (QED) is 0.381. The van der Waals surface area contributed by atoms with Crippen LogP contribution in [-0.2, 0) is 0 Å². The maximum Gasteiger partial charge on any atom is 0.280 e. The van der Waals surface area contributed by atoms with Gasteiger partial charge in [-0.05, 0) is 6.07 Å². The van der Waals surface area contributed by atoms with E-state index in [1.165, 1.54) is 12.1 Å². The molecule has 0 bridgehead atoms. The molecule has 0 saturated heterocycles. The third-order valence-electron chi connectivity index (χ3n) is 1.25. The van der Waals surface area contributed by atoms with E-state index in [1.54, 1.807) is 0 Å². The summed E-state index contributed by atoms with van der Waals surface area (Å²) in [6.45, 7) is 6.63. The number of nitrogens with zero attached hydrogens (tertiary/aromatic N) is 2. The van der Waals surface area contributed by atoms with Crippen molar-refractivity contribution in [3.63, 3.8) is 0 Å². The molecule has 0 heterocycles. The second-order valence-electron chi connectivity index (χ2n) is 2.00. The Morgan fingerprint density at radius 3 is 2.75 bits per heavy atom. The highest BCUT2D eigenvalue weighted by Gasteiger charge is 2.13. The molecule has 60 valence electrons. The van der Waals surface area contributed by atoms with Crippen LogP contribution >= 0.6 is 11.6 Å². The van der Waals surface area contributed by atoms with Crippen LogP contribution in [0.25, 0.3) is 4.85 Å². The number of benzene rings is 1. The molecular formula is C7H3ClN2O2. The van der Waals surface area contributed by atoms with Gasteiger partial charge in [0, 0.05) is 11.1 Å². The Kier molecular flexibility index (Phi) is 2.26. The van der Waals surface area contributed by atoms with Crippen LogP contribution in [0, 0.1) is 16.7 Å². The van der Waals surface area contributed by atoms with Gasteiger partial charge in [0.15, 0.2) is 0 Å². The van der Waals surface area contributed by atoms with E-state index in [2.05, 4.69) is 4.85 Å². The Labute approximate surface area is 73.4 Å². The van der Waals surface area contributed by atoms with Crippen LogP contribution in [0.4, 0.5) is 11.4 Å². The molecule has 1 aromatic carbocycles. The topological polar surface area (TPSA) is 47.5 Å². The SMILES string of the molecule is [C-]#[N+]c1ccc(Cl)cc1[N+](=O)[O-]. The van der Waals surface area contributed by atoms with E-state index in [0.717, 1.165) is 6.07 Å². The Bertz CT molecular complexity index is 370. The average Bonchev–Trinajstić information content (AvgIpc) is 2.04. The molecule has 4 nitrogen and oxygen atoms in total. The van der Waals surface area contributed by atoms with Crippen molar-refractivity contribution in [2.24, 2.45) is 0 Å². The number of hydrogen-bond donors (Lipinski definition) is 0. The van der Waals surface area contributed by atoms with Crippen LogP contribution in [0.1, 0.15) is 0 Å². The second-order valence-corrected chi connectivity index (χ2v) is 2.44. The van der Waals surface area contributed by atoms with Gasteiger partial charge in [-0.2, -0.15) is 0 Å². The van der Waals surface area contributed by atoms with E-state index in [-0.39, 0.29) is 16.4 Å². The smallest absolute Gasteiger partial charge is 0.260 e. The van der Waals surface area contributed by atoms with Gasteiger partial charge in [-0.1, -0.05) is 17.7 Å². The minimum absolute atomic E-state index is 0.00407. The molecule has 0 spiro atoms. The molecule has 0 N–H and O–H groups in total. The molecule has 5 heteroatoms. The summed E-state index contributed by atoms with van der Waals surface area (Å²) in [5.41, 5.74) is -0.248. The minimum atomic E-state index is -0.626. The number of nitro groups is 1. The first-order valence-corrected chi connectivity index (χ1v) is 3.34. The molecule has 1 rings (SSSR count). The Morgan fingerprint density at radius 1 is 1.58 bits per heavy atom. The summed E-state index contributed by atoms with van der Waals surface area (Å²) in [4.78, 5) is 12.7. The van der Waals surface area contributed by atoms with Crippen LogP contribution in [-0.4, -0.2) is 4.92 Å². The van der Waals surface area contributed by atoms with Gasteiger partial charge in [-0.25, -0.2) is 4.85 Å². The monoisotopic (exact) mass is 182 g/mol. The van der Waals surface area contributed by atoms with Gasteiger partial charge in [0.1, 0.15) is 0 Å². The zero-order valence-electron chi connectivity index (χ0n) is 5.82. The third-order valence-corrected chi connectivity index (χ3v) is 1.49. The second kappa shape index (κ2) is 3.20. The molecule has 0 atom stereocenters. The number of halogens is 1. The highest BCUT2D eigenvalue weighted by atomic mass is 35.5. The predicted molar refractivity (Wildman–Crippen MR) is 44.4 cm³/mol. The zero-order valence-corrected chi connectivity index (χ0v) is 6.58. The first kappa shape index (κ1) is 8.50. The summed E-state index contributed by atoms with van der Waals surface area (Å²) in [6, 6.07) is 3.93. The maximum absolute atomic E-state index is 10.3. The molecule has 0 aliphatic heterocycles. The van der Waals surface area contributed by atoms with Crippen molar-refractivity contribution in [2.75, 3.05) is 0 Å². The van der Waals surface area contributed by atoms with E-state index < -0.39 is 4.92 Å². The van der Waals surface area contributed by atoms with Gasteiger partial charge in [-0.3, -0.25) is 10.1 Å². The van der Waals surface area contributed by atoms with Crippen molar-refractivity contribution in [3.05, 3.63) is 44.8 Å². The Hall–Kier alpha value is -1.60. The zero-order chi connectivity index (χ0) is 9.14. The van der Waals surface area contributed by atoms with Crippen LogP contribution in [0.3, 0.4) is 0 Å². The van der Waals surface area contributed by atoms with Crippen LogP contribution in [0.15, 0.2) is 18.2 Å². The van der Waals surface area contributed by atoms with Crippen LogP contribution < -0.4 is 0 Å². The molecular weight excluding hydrogens is 180 g/mol. The van der Waals surface area contributed by atoms with Crippen molar-refractivity contribution in [1.29, 1.82) is 0 Å². The van der Waals surface area contributed by atoms with Crippen molar-refractivity contribution >= 4 is 23.0 Å². The van der Waals surface area contributed by atoms with Gasteiger partial charge in [0.25, 0.3) is 11.4 Å². The summed E-state index contributed by atoms with van der Waals surface area (Å²) in [6.07, 6.45) is 0. The predicted octanol–water partition coefficient (Wildman–Crippen LogP) is 2.80. The fourth-order valence-electron chi connectivity index (χ4n) is 0.737. The molecule has 0 unspecified atom stereocenters. The molecule has 0 aliphatic rings. The van der Waals surface area contributed by atoms with E-state index in [1.807, 2.05) is 0 Å². The fraction of sp³-hybridized carbons (Fsp3) is 0. The Morgan fingerprint density at radius 2 is 2.25 bits per heavy atom. The van der Waals surface area contributed by atoms with Gasteiger partial charge >= 0.3 is 0 Å². The highest BCUT2D eigenvalue weighted by Crippen LogP contribution is 2.29. The lowest BCUT2D eigenvalue weighted by molar-refractivity contribution is -0.383. The summed E-state index contributed by atoms with van der Waals surface area (Å²) < 4.78 is 0. The van der Waals surface area contributed by atoms with Gasteiger partial charge in [0.2, 0.25) is 0 Å². The maximum atomic E-state index is 10.3.